The number of pyridine rings is 2. The molecule has 4 aromatic heterocycles. The van der Waals surface area contributed by atoms with Gasteiger partial charge in [0.2, 0.25) is 0 Å². The molecule has 7 nitrogen and oxygen atoms in total. The Kier molecular flexibility index (Phi) is 4.74. The molecule has 0 aliphatic rings. The standard InChI is InChI=1S/C20H21N7/c1-14(2)27-13-24-17-19(23-11-7-15-5-9-21-10-6-15)25-18(26-20(17)27)16-4-3-8-22-12-16/h3-6,8-10,12-14H,7,11H2,1-2H3,(H,23,25,26). The van der Waals surface area contributed by atoms with Gasteiger partial charge in [0.1, 0.15) is 5.52 Å². The van der Waals surface area contributed by atoms with Crippen LogP contribution in [0.1, 0.15) is 25.5 Å². The summed E-state index contributed by atoms with van der Waals surface area (Å²) in [4.78, 5) is 22.3. The molecule has 0 radical (unpaired) electrons. The molecule has 136 valence electrons. The number of aromatic nitrogens is 6. The van der Waals surface area contributed by atoms with E-state index in [1.54, 1.807) is 12.4 Å². The van der Waals surface area contributed by atoms with E-state index in [2.05, 4.69) is 38.7 Å². The molecule has 7 heteroatoms. The highest BCUT2D eigenvalue weighted by molar-refractivity contribution is 5.85. The van der Waals surface area contributed by atoms with E-state index in [1.165, 1.54) is 5.56 Å². The van der Waals surface area contributed by atoms with E-state index in [0.717, 1.165) is 35.5 Å². The topological polar surface area (TPSA) is 81.4 Å². The van der Waals surface area contributed by atoms with Gasteiger partial charge in [0, 0.05) is 42.9 Å². The molecule has 0 amide bonds. The number of hydrogen-bond acceptors (Lipinski definition) is 6. The number of anilines is 1. The molecule has 0 fully saturated rings. The number of rotatable bonds is 6. The van der Waals surface area contributed by atoms with Crippen molar-refractivity contribution in [2.24, 2.45) is 0 Å². The van der Waals surface area contributed by atoms with Crippen LogP contribution in [0.5, 0.6) is 0 Å². The minimum absolute atomic E-state index is 0.260. The van der Waals surface area contributed by atoms with Crippen LogP contribution in [0.4, 0.5) is 5.82 Å². The maximum Gasteiger partial charge on any atom is 0.166 e. The Morgan fingerprint density at radius 3 is 2.63 bits per heavy atom. The smallest absolute Gasteiger partial charge is 0.166 e. The van der Waals surface area contributed by atoms with Gasteiger partial charge in [-0.05, 0) is 50.1 Å². The van der Waals surface area contributed by atoms with Crippen molar-refractivity contribution in [1.29, 1.82) is 0 Å². The molecule has 0 atom stereocenters. The fraction of sp³-hybridized carbons (Fsp3) is 0.250. The van der Waals surface area contributed by atoms with Gasteiger partial charge in [0.05, 0.1) is 6.33 Å². The minimum Gasteiger partial charge on any atom is -0.368 e. The van der Waals surface area contributed by atoms with Crippen molar-refractivity contribution in [3.8, 4) is 11.4 Å². The van der Waals surface area contributed by atoms with E-state index in [-0.39, 0.29) is 6.04 Å². The molecule has 0 aliphatic heterocycles. The minimum atomic E-state index is 0.260. The molecule has 1 N–H and O–H groups in total. The average Bonchev–Trinajstić information content (AvgIpc) is 3.14. The summed E-state index contributed by atoms with van der Waals surface area (Å²) in [6.45, 7) is 4.98. The molecule has 4 heterocycles. The third kappa shape index (κ3) is 3.62. The number of fused-ring (bicyclic) bond motifs is 1. The monoisotopic (exact) mass is 359 g/mol. The van der Waals surface area contributed by atoms with Crippen LogP contribution in [0.2, 0.25) is 0 Å². The Balaban J connectivity index is 1.69. The molecule has 0 saturated heterocycles. The lowest BCUT2D eigenvalue weighted by molar-refractivity contribution is 0.613. The third-order valence-electron chi connectivity index (χ3n) is 4.35. The van der Waals surface area contributed by atoms with Gasteiger partial charge in [-0.25, -0.2) is 15.0 Å². The quantitative estimate of drug-likeness (QED) is 0.567. The second kappa shape index (κ2) is 7.49. The first kappa shape index (κ1) is 17.1. The lowest BCUT2D eigenvalue weighted by atomic mass is 10.2. The average molecular weight is 359 g/mol. The predicted molar refractivity (Wildman–Crippen MR) is 105 cm³/mol. The molecule has 0 saturated carbocycles. The van der Waals surface area contributed by atoms with Gasteiger partial charge in [-0.1, -0.05) is 0 Å². The zero-order valence-corrected chi connectivity index (χ0v) is 15.4. The molecule has 0 aromatic carbocycles. The van der Waals surface area contributed by atoms with E-state index in [1.807, 2.05) is 43.0 Å². The Morgan fingerprint density at radius 2 is 1.89 bits per heavy atom. The van der Waals surface area contributed by atoms with Gasteiger partial charge in [-0.3, -0.25) is 9.97 Å². The largest absolute Gasteiger partial charge is 0.368 e. The summed E-state index contributed by atoms with van der Waals surface area (Å²) >= 11 is 0. The van der Waals surface area contributed by atoms with E-state index in [0.29, 0.717) is 5.82 Å². The summed E-state index contributed by atoms with van der Waals surface area (Å²) in [5.41, 5.74) is 3.72. The van der Waals surface area contributed by atoms with Crippen LogP contribution >= 0.6 is 0 Å². The number of nitrogens with zero attached hydrogens (tertiary/aromatic N) is 6. The highest BCUT2D eigenvalue weighted by Gasteiger charge is 2.15. The summed E-state index contributed by atoms with van der Waals surface area (Å²) in [5.74, 6) is 1.39. The molecule has 27 heavy (non-hydrogen) atoms. The number of hydrogen-bond donors (Lipinski definition) is 1. The summed E-state index contributed by atoms with van der Waals surface area (Å²) in [6, 6.07) is 8.15. The first-order chi connectivity index (χ1) is 13.2. The van der Waals surface area contributed by atoms with Crippen molar-refractivity contribution in [1.82, 2.24) is 29.5 Å². The maximum absolute atomic E-state index is 4.75. The van der Waals surface area contributed by atoms with Gasteiger partial charge < -0.3 is 9.88 Å². The van der Waals surface area contributed by atoms with Crippen LogP contribution in [-0.2, 0) is 6.42 Å². The Hall–Kier alpha value is -3.35. The fourth-order valence-corrected chi connectivity index (χ4v) is 2.92. The molecular weight excluding hydrogens is 338 g/mol. The molecule has 0 unspecified atom stereocenters. The zero-order valence-electron chi connectivity index (χ0n) is 15.4. The van der Waals surface area contributed by atoms with Crippen LogP contribution in [-0.4, -0.2) is 36.0 Å². The lowest BCUT2D eigenvalue weighted by Crippen LogP contribution is -2.09. The third-order valence-corrected chi connectivity index (χ3v) is 4.35. The van der Waals surface area contributed by atoms with Crippen LogP contribution in [0.15, 0.2) is 55.4 Å². The Morgan fingerprint density at radius 1 is 1.04 bits per heavy atom. The molecule has 0 aliphatic carbocycles. The second-order valence-electron chi connectivity index (χ2n) is 6.59. The van der Waals surface area contributed by atoms with Crippen LogP contribution in [0.25, 0.3) is 22.6 Å². The summed E-state index contributed by atoms with van der Waals surface area (Å²) in [6.07, 6.45) is 9.84. The fourth-order valence-electron chi connectivity index (χ4n) is 2.92. The van der Waals surface area contributed by atoms with Crippen LogP contribution < -0.4 is 5.32 Å². The lowest BCUT2D eigenvalue weighted by Gasteiger charge is -2.11. The van der Waals surface area contributed by atoms with Crippen molar-refractivity contribution in [3.05, 3.63) is 60.9 Å². The van der Waals surface area contributed by atoms with Crippen molar-refractivity contribution < 1.29 is 0 Å². The first-order valence-corrected chi connectivity index (χ1v) is 9.00. The molecule has 0 spiro atoms. The van der Waals surface area contributed by atoms with Gasteiger partial charge in [-0.15, -0.1) is 0 Å². The van der Waals surface area contributed by atoms with Crippen LogP contribution in [0.3, 0.4) is 0 Å². The van der Waals surface area contributed by atoms with Crippen molar-refractivity contribution in [3.63, 3.8) is 0 Å². The second-order valence-corrected chi connectivity index (χ2v) is 6.59. The van der Waals surface area contributed by atoms with Crippen molar-refractivity contribution in [2.75, 3.05) is 11.9 Å². The zero-order chi connectivity index (χ0) is 18.6. The van der Waals surface area contributed by atoms with E-state index >= 15 is 0 Å². The van der Waals surface area contributed by atoms with E-state index < -0.39 is 0 Å². The molecule has 0 bridgehead atoms. The first-order valence-electron chi connectivity index (χ1n) is 9.00. The SMILES string of the molecule is CC(C)n1cnc2c(NCCc3ccncc3)nc(-c3cccnc3)nc21. The molecule has 4 rings (SSSR count). The van der Waals surface area contributed by atoms with Gasteiger partial charge in [0.15, 0.2) is 17.3 Å². The summed E-state index contributed by atoms with van der Waals surface area (Å²) in [5, 5.41) is 3.43. The summed E-state index contributed by atoms with van der Waals surface area (Å²) in [7, 11) is 0. The number of imidazole rings is 1. The molecule has 4 aromatic rings. The summed E-state index contributed by atoms with van der Waals surface area (Å²) < 4.78 is 2.06. The highest BCUT2D eigenvalue weighted by Crippen LogP contribution is 2.25. The van der Waals surface area contributed by atoms with E-state index in [9.17, 15) is 0 Å². The maximum atomic E-state index is 4.75. The Bertz CT molecular complexity index is 1030. The van der Waals surface area contributed by atoms with Gasteiger partial charge in [0.25, 0.3) is 0 Å². The highest BCUT2D eigenvalue weighted by atomic mass is 15.2. The molecular formula is C20H21N7. The Labute approximate surface area is 157 Å². The van der Waals surface area contributed by atoms with Gasteiger partial charge in [-0.2, -0.15) is 0 Å². The van der Waals surface area contributed by atoms with Gasteiger partial charge >= 0.3 is 0 Å². The normalized spacial score (nSPS) is 11.2. The number of nitrogens with one attached hydrogen (secondary N) is 1. The van der Waals surface area contributed by atoms with E-state index in [4.69, 9.17) is 9.97 Å². The van der Waals surface area contributed by atoms with Crippen molar-refractivity contribution in [2.45, 2.75) is 26.3 Å². The van der Waals surface area contributed by atoms with Crippen LogP contribution in [0, 0.1) is 0 Å². The predicted octanol–water partition coefficient (Wildman–Crippen LogP) is 3.52. The van der Waals surface area contributed by atoms with Crippen molar-refractivity contribution >= 4 is 17.0 Å².